The summed E-state index contributed by atoms with van der Waals surface area (Å²) < 4.78 is 7.28. The Kier molecular flexibility index (Phi) is 4.50. The minimum atomic E-state index is -0.776. The van der Waals surface area contributed by atoms with Gasteiger partial charge in [-0.2, -0.15) is 5.10 Å². The number of ether oxygens (including phenoxy) is 1. The van der Waals surface area contributed by atoms with Crippen LogP contribution in [0, 0.1) is 5.92 Å². The van der Waals surface area contributed by atoms with Crippen molar-refractivity contribution in [3.05, 3.63) is 11.9 Å². The van der Waals surface area contributed by atoms with Gasteiger partial charge in [0.2, 0.25) is 0 Å². The molecule has 19 heavy (non-hydrogen) atoms. The van der Waals surface area contributed by atoms with Crippen molar-refractivity contribution in [3.8, 4) is 5.75 Å². The maximum atomic E-state index is 11.1. The second kappa shape index (κ2) is 5.95. The average molecular weight is 266 g/mol. The van der Waals surface area contributed by atoms with Crippen LogP contribution in [0.3, 0.4) is 0 Å². The van der Waals surface area contributed by atoms with Crippen molar-refractivity contribution in [2.45, 2.75) is 64.5 Å². The van der Waals surface area contributed by atoms with E-state index >= 15 is 0 Å². The molecule has 0 radical (unpaired) electrons. The average Bonchev–Trinajstić information content (AvgIpc) is 2.76. The second-order valence-electron chi connectivity index (χ2n) is 5.61. The van der Waals surface area contributed by atoms with E-state index in [0.717, 1.165) is 49.6 Å². The lowest BCUT2D eigenvalue weighted by molar-refractivity contribution is 0.00874. The summed E-state index contributed by atoms with van der Waals surface area (Å²) in [5.74, 6) is 1.47. The lowest BCUT2D eigenvalue weighted by Gasteiger charge is -2.28. The Morgan fingerprint density at radius 3 is 2.84 bits per heavy atom. The fourth-order valence-corrected chi connectivity index (χ4v) is 3.27. The highest BCUT2D eigenvalue weighted by Gasteiger charge is 2.37. The van der Waals surface area contributed by atoms with Crippen LogP contribution < -0.4 is 4.74 Å². The number of rotatable bonds is 4. The molecule has 2 atom stereocenters. The number of aliphatic hydroxyl groups is 1. The molecule has 0 bridgehead atoms. The Balaban J connectivity index is 2.30. The van der Waals surface area contributed by atoms with Crippen molar-refractivity contribution >= 4 is 0 Å². The molecular weight excluding hydrogens is 240 g/mol. The van der Waals surface area contributed by atoms with Crippen molar-refractivity contribution in [1.29, 1.82) is 0 Å². The SMILES string of the molecule is CCC1CCCC(O)(c2c(OC)cnn2CC)CC1. The molecule has 4 heteroatoms. The maximum absolute atomic E-state index is 11.1. The first-order valence-corrected chi connectivity index (χ1v) is 7.47. The third kappa shape index (κ3) is 2.78. The summed E-state index contributed by atoms with van der Waals surface area (Å²) in [5, 5.41) is 15.4. The van der Waals surface area contributed by atoms with Gasteiger partial charge in [-0.1, -0.05) is 19.8 Å². The Morgan fingerprint density at radius 1 is 1.42 bits per heavy atom. The van der Waals surface area contributed by atoms with Gasteiger partial charge < -0.3 is 9.84 Å². The number of aryl methyl sites for hydroxylation is 1. The molecule has 1 aliphatic carbocycles. The lowest BCUT2D eigenvalue weighted by Crippen LogP contribution is -2.29. The summed E-state index contributed by atoms with van der Waals surface area (Å²) in [6.45, 7) is 5.05. The van der Waals surface area contributed by atoms with E-state index in [1.54, 1.807) is 13.3 Å². The Morgan fingerprint density at radius 2 is 2.21 bits per heavy atom. The van der Waals surface area contributed by atoms with Gasteiger partial charge in [0.15, 0.2) is 5.75 Å². The Hall–Kier alpha value is -1.03. The number of hydrogen-bond donors (Lipinski definition) is 1. The molecule has 2 unspecified atom stereocenters. The molecule has 1 aromatic rings. The Bertz CT molecular complexity index is 395. The molecule has 4 nitrogen and oxygen atoms in total. The Labute approximate surface area is 115 Å². The van der Waals surface area contributed by atoms with Crippen LogP contribution in [-0.2, 0) is 12.1 Å². The summed E-state index contributed by atoms with van der Waals surface area (Å²) >= 11 is 0. The molecule has 108 valence electrons. The monoisotopic (exact) mass is 266 g/mol. The first-order chi connectivity index (χ1) is 9.14. The molecule has 1 saturated carbocycles. The van der Waals surface area contributed by atoms with Crippen molar-refractivity contribution in [2.75, 3.05) is 7.11 Å². The maximum Gasteiger partial charge on any atom is 0.162 e. The van der Waals surface area contributed by atoms with Crippen LogP contribution in [0.25, 0.3) is 0 Å². The zero-order valence-electron chi connectivity index (χ0n) is 12.4. The van der Waals surface area contributed by atoms with Crippen LogP contribution in [0.1, 0.15) is 58.1 Å². The first-order valence-electron chi connectivity index (χ1n) is 7.47. The minimum Gasteiger partial charge on any atom is -0.493 e. The fourth-order valence-electron chi connectivity index (χ4n) is 3.27. The van der Waals surface area contributed by atoms with Crippen LogP contribution in [0.4, 0.5) is 0 Å². The highest BCUT2D eigenvalue weighted by Crippen LogP contribution is 2.42. The number of hydrogen-bond acceptors (Lipinski definition) is 3. The van der Waals surface area contributed by atoms with Crippen molar-refractivity contribution in [1.82, 2.24) is 9.78 Å². The smallest absolute Gasteiger partial charge is 0.162 e. The summed E-state index contributed by atoms with van der Waals surface area (Å²) in [7, 11) is 1.65. The molecule has 1 aliphatic rings. The van der Waals surface area contributed by atoms with E-state index < -0.39 is 5.60 Å². The van der Waals surface area contributed by atoms with E-state index in [1.165, 1.54) is 12.8 Å². The number of methoxy groups -OCH3 is 1. The molecule has 0 amide bonds. The van der Waals surface area contributed by atoms with Crippen LogP contribution in [0.15, 0.2) is 6.20 Å². The summed E-state index contributed by atoms with van der Waals surface area (Å²) in [6, 6.07) is 0. The largest absolute Gasteiger partial charge is 0.493 e. The molecular formula is C15H26N2O2. The van der Waals surface area contributed by atoms with Gasteiger partial charge in [-0.3, -0.25) is 4.68 Å². The fraction of sp³-hybridized carbons (Fsp3) is 0.800. The van der Waals surface area contributed by atoms with Gasteiger partial charge in [0, 0.05) is 6.54 Å². The third-order valence-electron chi connectivity index (χ3n) is 4.51. The standard InChI is InChI=1S/C15H26N2O2/c1-4-12-7-6-9-15(18,10-8-12)14-13(19-3)11-16-17(14)5-2/h11-12,18H,4-10H2,1-3H3. The van der Waals surface area contributed by atoms with Crippen LogP contribution in [-0.4, -0.2) is 22.0 Å². The molecule has 1 N–H and O–H groups in total. The van der Waals surface area contributed by atoms with E-state index in [9.17, 15) is 5.11 Å². The van der Waals surface area contributed by atoms with Gasteiger partial charge in [-0.15, -0.1) is 0 Å². The topological polar surface area (TPSA) is 47.3 Å². The zero-order chi connectivity index (χ0) is 13.9. The number of aromatic nitrogens is 2. The van der Waals surface area contributed by atoms with E-state index in [4.69, 9.17) is 4.74 Å². The van der Waals surface area contributed by atoms with Gasteiger partial charge in [0.1, 0.15) is 11.3 Å². The predicted molar refractivity (Wildman–Crippen MR) is 75.2 cm³/mol. The van der Waals surface area contributed by atoms with E-state index in [1.807, 2.05) is 11.6 Å². The molecule has 2 rings (SSSR count). The normalized spacial score (nSPS) is 28.1. The third-order valence-corrected chi connectivity index (χ3v) is 4.51. The molecule has 0 spiro atoms. The lowest BCUT2D eigenvalue weighted by atomic mass is 9.89. The molecule has 1 fully saturated rings. The van der Waals surface area contributed by atoms with Gasteiger partial charge in [-0.25, -0.2) is 0 Å². The molecule has 1 aromatic heterocycles. The summed E-state index contributed by atoms with van der Waals surface area (Å²) in [5.41, 5.74) is 0.0937. The van der Waals surface area contributed by atoms with Crippen molar-refractivity contribution in [3.63, 3.8) is 0 Å². The quantitative estimate of drug-likeness (QED) is 0.852. The second-order valence-corrected chi connectivity index (χ2v) is 5.61. The van der Waals surface area contributed by atoms with Crippen molar-refractivity contribution in [2.24, 2.45) is 5.92 Å². The molecule has 0 aromatic carbocycles. The van der Waals surface area contributed by atoms with Crippen LogP contribution in [0.5, 0.6) is 5.75 Å². The highest BCUT2D eigenvalue weighted by atomic mass is 16.5. The summed E-state index contributed by atoms with van der Waals surface area (Å²) in [6.07, 6.45) is 7.94. The van der Waals surface area contributed by atoms with Gasteiger partial charge in [0.25, 0.3) is 0 Å². The van der Waals surface area contributed by atoms with E-state index in [-0.39, 0.29) is 0 Å². The highest BCUT2D eigenvalue weighted by molar-refractivity contribution is 5.31. The molecule has 0 saturated heterocycles. The predicted octanol–water partition coefficient (Wildman–Crippen LogP) is 3.09. The van der Waals surface area contributed by atoms with Crippen LogP contribution >= 0.6 is 0 Å². The van der Waals surface area contributed by atoms with Crippen LogP contribution in [0.2, 0.25) is 0 Å². The first kappa shape index (κ1) is 14.4. The molecule has 0 aliphatic heterocycles. The van der Waals surface area contributed by atoms with Gasteiger partial charge in [0.05, 0.1) is 13.3 Å². The van der Waals surface area contributed by atoms with E-state index in [2.05, 4.69) is 12.0 Å². The number of nitrogens with zero attached hydrogens (tertiary/aromatic N) is 2. The van der Waals surface area contributed by atoms with Gasteiger partial charge in [-0.05, 0) is 38.5 Å². The van der Waals surface area contributed by atoms with Crippen molar-refractivity contribution < 1.29 is 9.84 Å². The van der Waals surface area contributed by atoms with Gasteiger partial charge >= 0.3 is 0 Å². The summed E-state index contributed by atoms with van der Waals surface area (Å²) in [4.78, 5) is 0. The minimum absolute atomic E-state index is 0.722. The molecule has 1 heterocycles. The zero-order valence-corrected chi connectivity index (χ0v) is 12.4. The van der Waals surface area contributed by atoms with E-state index in [0.29, 0.717) is 0 Å².